The summed E-state index contributed by atoms with van der Waals surface area (Å²) in [6.45, 7) is 13.7. The van der Waals surface area contributed by atoms with E-state index >= 15 is 0 Å². The van der Waals surface area contributed by atoms with Crippen LogP contribution in [0.3, 0.4) is 0 Å². The number of hydrogen-bond acceptors (Lipinski definition) is 3. The predicted molar refractivity (Wildman–Crippen MR) is 70.6 cm³/mol. The van der Waals surface area contributed by atoms with E-state index in [0.29, 0.717) is 5.92 Å². The minimum Gasteiger partial charge on any atom is -0.330 e. The van der Waals surface area contributed by atoms with Crippen molar-refractivity contribution in [3.05, 3.63) is 0 Å². The van der Waals surface area contributed by atoms with Crippen LogP contribution in [0.15, 0.2) is 0 Å². The van der Waals surface area contributed by atoms with E-state index in [1.807, 2.05) is 0 Å². The highest BCUT2D eigenvalue weighted by molar-refractivity contribution is 4.83. The molecular weight excluding hydrogens is 198 g/mol. The SMILES string of the molecule is CCC(CN)CN1CCC(N(CC)CC)C1. The van der Waals surface area contributed by atoms with Crippen molar-refractivity contribution in [3.8, 4) is 0 Å². The number of nitrogens with two attached hydrogens (primary N) is 1. The predicted octanol–water partition coefficient (Wildman–Crippen LogP) is 1.39. The van der Waals surface area contributed by atoms with Gasteiger partial charge in [-0.2, -0.15) is 0 Å². The maximum atomic E-state index is 5.77. The Morgan fingerprint density at radius 3 is 2.50 bits per heavy atom. The van der Waals surface area contributed by atoms with Gasteiger partial charge in [0.1, 0.15) is 0 Å². The lowest BCUT2D eigenvalue weighted by Crippen LogP contribution is -2.38. The first-order valence-corrected chi connectivity index (χ1v) is 6.91. The smallest absolute Gasteiger partial charge is 0.0235 e. The maximum Gasteiger partial charge on any atom is 0.0235 e. The average Bonchev–Trinajstić information content (AvgIpc) is 2.76. The highest BCUT2D eigenvalue weighted by Gasteiger charge is 2.26. The Labute approximate surface area is 101 Å². The third kappa shape index (κ3) is 3.72. The van der Waals surface area contributed by atoms with Crippen LogP contribution in [0.1, 0.15) is 33.6 Å². The molecule has 0 aromatic rings. The molecule has 1 heterocycles. The molecule has 1 aliphatic rings. The summed E-state index contributed by atoms with van der Waals surface area (Å²) >= 11 is 0. The van der Waals surface area contributed by atoms with Crippen LogP contribution in [0.4, 0.5) is 0 Å². The van der Waals surface area contributed by atoms with E-state index in [1.54, 1.807) is 0 Å². The Hall–Kier alpha value is -0.120. The molecule has 3 nitrogen and oxygen atoms in total. The first-order chi connectivity index (χ1) is 7.74. The van der Waals surface area contributed by atoms with Gasteiger partial charge in [-0.25, -0.2) is 0 Å². The van der Waals surface area contributed by atoms with E-state index in [4.69, 9.17) is 5.73 Å². The Balaban J connectivity index is 2.34. The van der Waals surface area contributed by atoms with Crippen molar-refractivity contribution in [2.24, 2.45) is 11.7 Å². The number of nitrogens with zero attached hydrogens (tertiary/aromatic N) is 2. The van der Waals surface area contributed by atoms with E-state index in [2.05, 4.69) is 30.6 Å². The summed E-state index contributed by atoms with van der Waals surface area (Å²) in [4.78, 5) is 5.19. The van der Waals surface area contributed by atoms with Gasteiger partial charge < -0.3 is 10.6 Å². The molecule has 2 N–H and O–H groups in total. The molecule has 1 rings (SSSR count). The van der Waals surface area contributed by atoms with Crippen LogP contribution in [-0.2, 0) is 0 Å². The van der Waals surface area contributed by atoms with Gasteiger partial charge in [-0.1, -0.05) is 27.2 Å². The fraction of sp³-hybridized carbons (Fsp3) is 1.00. The minimum absolute atomic E-state index is 0.690. The Morgan fingerprint density at radius 2 is 2.00 bits per heavy atom. The summed E-state index contributed by atoms with van der Waals surface area (Å²) < 4.78 is 0. The van der Waals surface area contributed by atoms with Crippen molar-refractivity contribution in [1.29, 1.82) is 0 Å². The fourth-order valence-electron chi connectivity index (χ4n) is 2.75. The molecule has 2 unspecified atom stereocenters. The molecule has 2 atom stereocenters. The second-order valence-corrected chi connectivity index (χ2v) is 4.93. The van der Waals surface area contributed by atoms with Gasteiger partial charge in [-0.15, -0.1) is 0 Å². The molecule has 0 saturated carbocycles. The molecule has 0 radical (unpaired) electrons. The van der Waals surface area contributed by atoms with Crippen molar-refractivity contribution in [1.82, 2.24) is 9.80 Å². The molecular formula is C13H29N3. The van der Waals surface area contributed by atoms with Crippen LogP contribution in [0.5, 0.6) is 0 Å². The Kier molecular flexibility index (Phi) is 6.32. The standard InChI is InChI=1S/C13H29N3/c1-4-12(9-14)10-15-8-7-13(11-15)16(5-2)6-3/h12-13H,4-11,14H2,1-3H3. The molecule has 3 heteroatoms. The third-order valence-corrected chi connectivity index (χ3v) is 4.00. The van der Waals surface area contributed by atoms with Crippen molar-refractivity contribution in [2.75, 3.05) is 39.3 Å². The molecule has 0 aromatic heterocycles. The minimum atomic E-state index is 0.690. The molecule has 0 aromatic carbocycles. The van der Waals surface area contributed by atoms with Gasteiger partial charge in [-0.3, -0.25) is 4.90 Å². The summed E-state index contributed by atoms with van der Waals surface area (Å²) in [5.41, 5.74) is 5.77. The van der Waals surface area contributed by atoms with Crippen molar-refractivity contribution in [2.45, 2.75) is 39.7 Å². The summed E-state index contributed by atoms with van der Waals surface area (Å²) in [5.74, 6) is 0.690. The fourth-order valence-corrected chi connectivity index (χ4v) is 2.75. The van der Waals surface area contributed by atoms with E-state index < -0.39 is 0 Å². The number of rotatable bonds is 7. The van der Waals surface area contributed by atoms with E-state index in [-0.39, 0.29) is 0 Å². The summed E-state index contributed by atoms with van der Waals surface area (Å²) in [5, 5.41) is 0. The molecule has 1 fully saturated rings. The van der Waals surface area contributed by atoms with E-state index in [1.165, 1.54) is 45.6 Å². The topological polar surface area (TPSA) is 32.5 Å². The Bertz CT molecular complexity index is 176. The van der Waals surface area contributed by atoms with Gasteiger partial charge in [0.05, 0.1) is 0 Å². The monoisotopic (exact) mass is 227 g/mol. The molecule has 1 saturated heterocycles. The van der Waals surface area contributed by atoms with Crippen LogP contribution in [0.25, 0.3) is 0 Å². The maximum absolute atomic E-state index is 5.77. The quantitative estimate of drug-likeness (QED) is 0.713. The van der Waals surface area contributed by atoms with Crippen LogP contribution in [0.2, 0.25) is 0 Å². The van der Waals surface area contributed by atoms with Crippen molar-refractivity contribution in [3.63, 3.8) is 0 Å². The second kappa shape index (κ2) is 7.25. The second-order valence-electron chi connectivity index (χ2n) is 4.93. The lowest BCUT2D eigenvalue weighted by Gasteiger charge is -2.27. The summed E-state index contributed by atoms with van der Waals surface area (Å²) in [6, 6.07) is 0.783. The van der Waals surface area contributed by atoms with Crippen molar-refractivity contribution < 1.29 is 0 Å². The van der Waals surface area contributed by atoms with Crippen molar-refractivity contribution >= 4 is 0 Å². The van der Waals surface area contributed by atoms with Gasteiger partial charge >= 0.3 is 0 Å². The first kappa shape index (κ1) is 13.9. The summed E-state index contributed by atoms with van der Waals surface area (Å²) in [6.07, 6.45) is 2.55. The Morgan fingerprint density at radius 1 is 1.31 bits per heavy atom. The van der Waals surface area contributed by atoms with Gasteiger partial charge in [0.15, 0.2) is 0 Å². The molecule has 0 spiro atoms. The molecule has 0 bridgehead atoms. The molecule has 96 valence electrons. The van der Waals surface area contributed by atoms with Crippen LogP contribution >= 0.6 is 0 Å². The molecule has 1 aliphatic heterocycles. The lowest BCUT2D eigenvalue weighted by atomic mass is 10.1. The largest absolute Gasteiger partial charge is 0.330 e. The van der Waals surface area contributed by atoms with E-state index in [9.17, 15) is 0 Å². The third-order valence-electron chi connectivity index (χ3n) is 4.00. The van der Waals surface area contributed by atoms with Gasteiger partial charge in [-0.05, 0) is 38.5 Å². The average molecular weight is 227 g/mol. The zero-order chi connectivity index (χ0) is 12.0. The lowest BCUT2D eigenvalue weighted by molar-refractivity contribution is 0.201. The number of hydrogen-bond donors (Lipinski definition) is 1. The molecule has 0 amide bonds. The molecule has 16 heavy (non-hydrogen) atoms. The van der Waals surface area contributed by atoms with Crippen LogP contribution in [-0.4, -0.2) is 55.1 Å². The zero-order valence-electron chi connectivity index (χ0n) is 11.3. The van der Waals surface area contributed by atoms with Gasteiger partial charge in [0.25, 0.3) is 0 Å². The van der Waals surface area contributed by atoms with Crippen LogP contribution < -0.4 is 5.73 Å². The number of likely N-dealkylation sites (N-methyl/N-ethyl adjacent to an activating group) is 1. The van der Waals surface area contributed by atoms with E-state index in [0.717, 1.165) is 12.6 Å². The zero-order valence-corrected chi connectivity index (χ0v) is 11.3. The highest BCUT2D eigenvalue weighted by Crippen LogP contribution is 2.17. The van der Waals surface area contributed by atoms with Gasteiger partial charge in [0, 0.05) is 19.1 Å². The first-order valence-electron chi connectivity index (χ1n) is 6.91. The summed E-state index contributed by atoms with van der Waals surface area (Å²) in [7, 11) is 0. The molecule has 0 aliphatic carbocycles. The van der Waals surface area contributed by atoms with Crippen LogP contribution in [0, 0.1) is 5.92 Å². The van der Waals surface area contributed by atoms with Gasteiger partial charge in [0.2, 0.25) is 0 Å². The highest BCUT2D eigenvalue weighted by atomic mass is 15.2. The number of likely N-dealkylation sites (tertiary alicyclic amines) is 1. The normalized spacial score (nSPS) is 24.2.